The molecule has 0 amide bonds. The van der Waals surface area contributed by atoms with Gasteiger partial charge >= 0.3 is 5.97 Å². The monoisotopic (exact) mass is 277 g/mol. The van der Waals surface area contributed by atoms with E-state index in [0.29, 0.717) is 12.4 Å². The quantitative estimate of drug-likeness (QED) is 0.638. The first-order valence-electron chi connectivity index (χ1n) is 5.34. The number of esters is 1. The zero-order valence-electron chi connectivity index (χ0n) is 10.4. The molecule has 0 fully saturated rings. The summed E-state index contributed by atoms with van der Waals surface area (Å²) >= 11 is 0. The molecule has 1 N–H and O–H groups in total. The molecule has 0 radical (unpaired) electrons. The Morgan fingerprint density at radius 2 is 2.17 bits per heavy atom. The molecule has 0 aliphatic rings. The van der Waals surface area contributed by atoms with Gasteiger partial charge in [0.2, 0.25) is 0 Å². The fourth-order valence-electron chi connectivity index (χ4n) is 1.33. The molecule has 0 unspecified atom stereocenters. The van der Waals surface area contributed by atoms with Gasteiger partial charge in [-0.15, -0.1) is 12.4 Å². The van der Waals surface area contributed by atoms with Crippen molar-refractivity contribution in [1.82, 2.24) is 5.32 Å². The molecule has 0 aromatic heterocycles. The van der Waals surface area contributed by atoms with E-state index in [1.54, 1.807) is 0 Å². The molecule has 0 heterocycles. The van der Waals surface area contributed by atoms with Crippen molar-refractivity contribution in [1.29, 1.82) is 0 Å². The maximum absolute atomic E-state index is 13.0. The summed E-state index contributed by atoms with van der Waals surface area (Å²) in [6, 6.07) is 3.79. The molecule has 102 valence electrons. The summed E-state index contributed by atoms with van der Waals surface area (Å²) in [4.78, 5) is 11.4. The van der Waals surface area contributed by atoms with Gasteiger partial charge in [0.1, 0.15) is 17.1 Å². The highest BCUT2D eigenvalue weighted by molar-refractivity contribution is 5.92. The smallest absolute Gasteiger partial charge is 0.341 e. The Labute approximate surface area is 112 Å². The van der Waals surface area contributed by atoms with E-state index in [1.807, 2.05) is 7.05 Å². The molecule has 0 spiro atoms. The molecule has 18 heavy (non-hydrogen) atoms. The van der Waals surface area contributed by atoms with Crippen LogP contribution in [0, 0.1) is 5.82 Å². The van der Waals surface area contributed by atoms with Crippen molar-refractivity contribution in [3.05, 3.63) is 29.6 Å². The highest BCUT2D eigenvalue weighted by Gasteiger charge is 2.14. The van der Waals surface area contributed by atoms with Crippen molar-refractivity contribution in [2.45, 2.75) is 6.42 Å². The predicted molar refractivity (Wildman–Crippen MR) is 69.0 cm³/mol. The first kappa shape index (κ1) is 16.7. The summed E-state index contributed by atoms with van der Waals surface area (Å²) < 4.78 is 23.0. The highest BCUT2D eigenvalue weighted by Crippen LogP contribution is 2.20. The molecule has 6 heteroatoms. The van der Waals surface area contributed by atoms with Crippen LogP contribution < -0.4 is 10.1 Å². The SMILES string of the molecule is CNCCCOc1ccc(F)cc1C(=O)OC.Cl. The topological polar surface area (TPSA) is 47.6 Å². The van der Waals surface area contributed by atoms with Crippen LogP contribution in [0.2, 0.25) is 0 Å². The van der Waals surface area contributed by atoms with E-state index < -0.39 is 11.8 Å². The number of methoxy groups -OCH3 is 1. The van der Waals surface area contributed by atoms with Crippen molar-refractivity contribution in [2.24, 2.45) is 0 Å². The fourth-order valence-corrected chi connectivity index (χ4v) is 1.33. The third-order valence-corrected chi connectivity index (χ3v) is 2.18. The number of rotatable bonds is 6. The lowest BCUT2D eigenvalue weighted by Gasteiger charge is -2.10. The van der Waals surface area contributed by atoms with Gasteiger partial charge in [0, 0.05) is 0 Å². The number of benzene rings is 1. The molecule has 0 aliphatic carbocycles. The number of hydrogen-bond acceptors (Lipinski definition) is 4. The Hall–Kier alpha value is -1.33. The largest absolute Gasteiger partial charge is 0.493 e. The van der Waals surface area contributed by atoms with E-state index in [1.165, 1.54) is 19.2 Å². The van der Waals surface area contributed by atoms with Gasteiger partial charge in [0.05, 0.1) is 13.7 Å². The second kappa shape index (κ2) is 8.72. The third-order valence-electron chi connectivity index (χ3n) is 2.18. The van der Waals surface area contributed by atoms with Crippen molar-refractivity contribution < 1.29 is 18.7 Å². The van der Waals surface area contributed by atoms with Gasteiger partial charge in [-0.1, -0.05) is 0 Å². The average molecular weight is 278 g/mol. The van der Waals surface area contributed by atoms with Gasteiger partial charge in [-0.3, -0.25) is 0 Å². The molecule has 0 saturated heterocycles. The number of halogens is 2. The lowest BCUT2D eigenvalue weighted by atomic mass is 10.2. The summed E-state index contributed by atoms with van der Waals surface area (Å²) in [5.41, 5.74) is 0.108. The zero-order chi connectivity index (χ0) is 12.7. The van der Waals surface area contributed by atoms with Crippen LogP contribution >= 0.6 is 12.4 Å². The van der Waals surface area contributed by atoms with E-state index in [-0.39, 0.29) is 18.0 Å². The summed E-state index contributed by atoms with van der Waals surface area (Å²) in [5, 5.41) is 2.98. The molecular weight excluding hydrogens is 261 g/mol. The lowest BCUT2D eigenvalue weighted by Crippen LogP contribution is -2.13. The third kappa shape index (κ3) is 4.89. The van der Waals surface area contributed by atoms with Crippen LogP contribution in [0.1, 0.15) is 16.8 Å². The molecule has 4 nitrogen and oxygen atoms in total. The molecule has 1 aromatic carbocycles. The fraction of sp³-hybridized carbons (Fsp3) is 0.417. The normalized spacial score (nSPS) is 9.50. The van der Waals surface area contributed by atoms with E-state index in [9.17, 15) is 9.18 Å². The Morgan fingerprint density at radius 1 is 1.44 bits per heavy atom. The van der Waals surface area contributed by atoms with E-state index in [0.717, 1.165) is 19.0 Å². The van der Waals surface area contributed by atoms with Crippen LogP contribution in [-0.4, -0.2) is 33.3 Å². The van der Waals surface area contributed by atoms with Crippen LogP contribution in [0.4, 0.5) is 4.39 Å². The van der Waals surface area contributed by atoms with Crippen LogP contribution in [0.25, 0.3) is 0 Å². The number of nitrogens with one attached hydrogen (secondary N) is 1. The minimum absolute atomic E-state index is 0. The summed E-state index contributed by atoms with van der Waals surface area (Å²) in [5.74, 6) is -0.754. The summed E-state index contributed by atoms with van der Waals surface area (Å²) in [6.07, 6.45) is 0.800. The van der Waals surface area contributed by atoms with Crippen LogP contribution in [-0.2, 0) is 4.74 Å². The Morgan fingerprint density at radius 3 is 2.78 bits per heavy atom. The van der Waals surface area contributed by atoms with Gasteiger partial charge < -0.3 is 14.8 Å². The average Bonchev–Trinajstić information content (AvgIpc) is 2.35. The van der Waals surface area contributed by atoms with Crippen molar-refractivity contribution in [2.75, 3.05) is 27.3 Å². The molecule has 0 bridgehead atoms. The second-order valence-electron chi connectivity index (χ2n) is 3.44. The van der Waals surface area contributed by atoms with E-state index in [4.69, 9.17) is 4.74 Å². The van der Waals surface area contributed by atoms with Crippen LogP contribution in [0.3, 0.4) is 0 Å². The maximum atomic E-state index is 13.0. The first-order chi connectivity index (χ1) is 8.19. The van der Waals surface area contributed by atoms with Crippen molar-refractivity contribution >= 4 is 18.4 Å². The maximum Gasteiger partial charge on any atom is 0.341 e. The van der Waals surface area contributed by atoms with Crippen molar-refractivity contribution in [3.8, 4) is 5.75 Å². The van der Waals surface area contributed by atoms with E-state index >= 15 is 0 Å². The Kier molecular flexibility index (Phi) is 8.07. The van der Waals surface area contributed by atoms with Gasteiger partial charge in [0.15, 0.2) is 0 Å². The molecule has 1 aromatic rings. The van der Waals surface area contributed by atoms with Gasteiger partial charge in [0.25, 0.3) is 0 Å². The molecule has 0 aliphatic heterocycles. The second-order valence-corrected chi connectivity index (χ2v) is 3.44. The lowest BCUT2D eigenvalue weighted by molar-refractivity contribution is 0.0595. The number of ether oxygens (including phenoxy) is 2. The predicted octanol–water partition coefficient (Wildman–Crippen LogP) is 2.02. The molecule has 1 rings (SSSR count). The first-order valence-corrected chi connectivity index (χ1v) is 5.34. The van der Waals surface area contributed by atoms with Gasteiger partial charge in [-0.05, 0) is 38.2 Å². The minimum Gasteiger partial charge on any atom is -0.493 e. The molecule has 0 saturated carbocycles. The summed E-state index contributed by atoms with van der Waals surface area (Å²) in [6.45, 7) is 1.27. The molecule has 0 atom stereocenters. The van der Waals surface area contributed by atoms with Crippen LogP contribution in [0.15, 0.2) is 18.2 Å². The Balaban J connectivity index is 0.00000289. The van der Waals surface area contributed by atoms with E-state index in [2.05, 4.69) is 10.1 Å². The summed E-state index contributed by atoms with van der Waals surface area (Å²) in [7, 11) is 3.09. The van der Waals surface area contributed by atoms with Gasteiger partial charge in [-0.25, -0.2) is 9.18 Å². The highest BCUT2D eigenvalue weighted by atomic mass is 35.5. The van der Waals surface area contributed by atoms with Gasteiger partial charge in [-0.2, -0.15) is 0 Å². The Bertz CT molecular complexity index is 388. The standard InChI is InChI=1S/C12H16FNO3.ClH/c1-14-6-3-7-17-11-5-4-9(13)8-10(11)12(15)16-2;/h4-5,8,14H,3,6-7H2,1-2H3;1H. The van der Waals surface area contributed by atoms with Crippen LogP contribution in [0.5, 0.6) is 5.75 Å². The number of carbonyl (C=O) groups excluding carboxylic acids is 1. The zero-order valence-corrected chi connectivity index (χ0v) is 11.2. The molecular formula is C12H17ClFNO3. The minimum atomic E-state index is -0.604. The number of carbonyl (C=O) groups is 1. The van der Waals surface area contributed by atoms with Crippen molar-refractivity contribution in [3.63, 3.8) is 0 Å². The number of hydrogen-bond donors (Lipinski definition) is 1.